The summed E-state index contributed by atoms with van der Waals surface area (Å²) in [5.41, 5.74) is 2.06. The highest BCUT2D eigenvalue weighted by molar-refractivity contribution is 5.95. The van der Waals surface area contributed by atoms with Gasteiger partial charge in [-0.1, -0.05) is 68.4 Å². The Morgan fingerprint density at radius 2 is 1.73 bits per heavy atom. The van der Waals surface area contributed by atoms with Gasteiger partial charge in [0.05, 0.1) is 24.9 Å². The van der Waals surface area contributed by atoms with Crippen molar-refractivity contribution in [1.82, 2.24) is 18.9 Å². The second-order valence-electron chi connectivity index (χ2n) is 9.57. The van der Waals surface area contributed by atoms with Gasteiger partial charge in [0, 0.05) is 19.2 Å². The highest BCUT2D eigenvalue weighted by atomic mass is 16.5. The van der Waals surface area contributed by atoms with Crippen molar-refractivity contribution in [3.63, 3.8) is 0 Å². The van der Waals surface area contributed by atoms with Crippen molar-refractivity contribution in [2.75, 3.05) is 7.11 Å². The van der Waals surface area contributed by atoms with E-state index in [0.717, 1.165) is 20.9 Å². The first-order chi connectivity index (χ1) is 17.8. The fraction of sp³-hybridized carbons (Fsp3) is 0.241. The molecule has 8 nitrogen and oxygen atoms in total. The van der Waals surface area contributed by atoms with Crippen molar-refractivity contribution >= 4 is 27.8 Å². The molecule has 188 valence electrons. The number of aromatic nitrogens is 4. The molecule has 0 aliphatic carbocycles. The molecule has 0 aliphatic rings. The summed E-state index contributed by atoms with van der Waals surface area (Å²) in [5.74, 6) is -0.316. The van der Waals surface area contributed by atoms with Crippen LogP contribution in [0, 0.1) is 5.92 Å². The number of esters is 1. The minimum absolute atomic E-state index is 0.160. The summed E-state index contributed by atoms with van der Waals surface area (Å²) in [5, 5.41) is 7.36. The minimum Gasteiger partial charge on any atom is -0.465 e. The lowest BCUT2D eigenvalue weighted by molar-refractivity contribution is 0.0601. The van der Waals surface area contributed by atoms with Gasteiger partial charge < -0.3 is 4.74 Å². The zero-order valence-electron chi connectivity index (χ0n) is 21.3. The number of carbonyl (C=O) groups excluding carboxylic acids is 1. The smallest absolute Gasteiger partial charge is 0.337 e. The molecule has 2 aromatic heterocycles. The molecule has 0 aliphatic heterocycles. The monoisotopic (exact) mass is 496 g/mol. The zero-order valence-corrected chi connectivity index (χ0v) is 21.3. The number of benzene rings is 3. The van der Waals surface area contributed by atoms with Gasteiger partial charge in [-0.2, -0.15) is 5.10 Å². The second-order valence-corrected chi connectivity index (χ2v) is 9.57. The van der Waals surface area contributed by atoms with Crippen LogP contribution in [0.1, 0.15) is 29.8 Å². The summed E-state index contributed by atoms with van der Waals surface area (Å²) in [4.78, 5) is 39.0. The molecule has 0 atom stereocenters. The van der Waals surface area contributed by atoms with Crippen LogP contribution in [0.2, 0.25) is 0 Å². The summed E-state index contributed by atoms with van der Waals surface area (Å²) in [6.07, 6.45) is 0. The lowest BCUT2D eigenvalue weighted by Gasteiger charge is -2.12. The van der Waals surface area contributed by atoms with E-state index in [1.54, 1.807) is 27.4 Å². The van der Waals surface area contributed by atoms with E-state index in [0.29, 0.717) is 40.9 Å². The summed E-state index contributed by atoms with van der Waals surface area (Å²) < 4.78 is 9.37. The van der Waals surface area contributed by atoms with Gasteiger partial charge in [0.25, 0.3) is 5.56 Å². The average molecular weight is 497 g/mol. The number of methoxy groups -OCH3 is 1. The number of hydrogen-bond donors (Lipinski definition) is 0. The molecule has 0 spiro atoms. The molecule has 0 bridgehead atoms. The first kappa shape index (κ1) is 24.2. The Morgan fingerprint density at radius 1 is 1.00 bits per heavy atom. The Kier molecular flexibility index (Phi) is 6.25. The van der Waals surface area contributed by atoms with Crippen LogP contribution in [-0.2, 0) is 24.9 Å². The largest absolute Gasteiger partial charge is 0.465 e. The first-order valence-electron chi connectivity index (χ1n) is 12.2. The molecule has 0 saturated carbocycles. The predicted octanol–water partition coefficient (Wildman–Crippen LogP) is 4.21. The van der Waals surface area contributed by atoms with Gasteiger partial charge in [-0.3, -0.25) is 18.6 Å². The Labute approximate surface area is 213 Å². The van der Waals surface area contributed by atoms with Gasteiger partial charge in [-0.15, -0.1) is 0 Å². The summed E-state index contributed by atoms with van der Waals surface area (Å²) in [7, 11) is 2.81. The third-order valence-electron chi connectivity index (χ3n) is 6.53. The molecule has 0 radical (unpaired) electrons. The van der Waals surface area contributed by atoms with Crippen molar-refractivity contribution < 1.29 is 9.53 Å². The van der Waals surface area contributed by atoms with E-state index in [2.05, 4.69) is 18.2 Å². The van der Waals surface area contributed by atoms with Crippen molar-refractivity contribution in [2.24, 2.45) is 13.0 Å². The van der Waals surface area contributed by atoms with Crippen LogP contribution in [-0.4, -0.2) is 32.0 Å². The maximum Gasteiger partial charge on any atom is 0.337 e. The standard InChI is InChI=1S/C29H28N4O4/c1-18(2)16-32-26-24(27(34)31(3)29(32)36)25(20-11-8-12-21(15-20)28(35)37-4)33(30-26)17-22-13-7-10-19-9-5-6-14-23(19)22/h5-15,18H,16-17H2,1-4H3. The van der Waals surface area contributed by atoms with Crippen LogP contribution in [0.3, 0.4) is 0 Å². The molecule has 5 rings (SSSR count). The van der Waals surface area contributed by atoms with Gasteiger partial charge in [0.2, 0.25) is 0 Å². The lowest BCUT2D eigenvalue weighted by atomic mass is 10.0. The number of hydrogen-bond acceptors (Lipinski definition) is 5. The summed E-state index contributed by atoms with van der Waals surface area (Å²) in [6, 6.07) is 21.1. The van der Waals surface area contributed by atoms with Crippen molar-refractivity contribution in [2.45, 2.75) is 26.9 Å². The Balaban J connectivity index is 1.85. The quantitative estimate of drug-likeness (QED) is 0.329. The van der Waals surface area contributed by atoms with E-state index >= 15 is 0 Å². The maximum absolute atomic E-state index is 13.5. The van der Waals surface area contributed by atoms with Gasteiger partial charge in [-0.25, -0.2) is 9.59 Å². The van der Waals surface area contributed by atoms with E-state index in [9.17, 15) is 14.4 Å². The fourth-order valence-corrected chi connectivity index (χ4v) is 4.80. The highest BCUT2D eigenvalue weighted by Crippen LogP contribution is 2.29. The van der Waals surface area contributed by atoms with Gasteiger partial charge in [-0.05, 0) is 34.4 Å². The predicted molar refractivity (Wildman–Crippen MR) is 144 cm³/mol. The van der Waals surface area contributed by atoms with E-state index < -0.39 is 17.2 Å². The van der Waals surface area contributed by atoms with Gasteiger partial charge in [0.15, 0.2) is 5.65 Å². The zero-order chi connectivity index (χ0) is 26.3. The van der Waals surface area contributed by atoms with Crippen molar-refractivity contribution in [3.05, 3.63) is 98.7 Å². The number of fused-ring (bicyclic) bond motifs is 2. The molecule has 2 heterocycles. The molecule has 0 fully saturated rings. The average Bonchev–Trinajstić information content (AvgIpc) is 3.28. The molecule has 0 amide bonds. The molecule has 8 heteroatoms. The number of nitrogens with zero attached hydrogens (tertiary/aromatic N) is 4. The van der Waals surface area contributed by atoms with E-state index in [-0.39, 0.29) is 5.92 Å². The topological polar surface area (TPSA) is 88.1 Å². The van der Waals surface area contributed by atoms with Crippen molar-refractivity contribution in [3.8, 4) is 11.3 Å². The SMILES string of the molecule is COC(=O)c1cccc(-c2c3c(=O)n(C)c(=O)n(CC(C)C)c3nn2Cc2cccc3ccccc23)c1. The van der Waals surface area contributed by atoms with E-state index in [4.69, 9.17) is 9.84 Å². The molecule has 0 saturated heterocycles. The summed E-state index contributed by atoms with van der Waals surface area (Å²) in [6.45, 7) is 4.80. The van der Waals surface area contributed by atoms with Gasteiger partial charge >= 0.3 is 11.7 Å². The van der Waals surface area contributed by atoms with E-state index in [1.165, 1.54) is 14.2 Å². The molecule has 37 heavy (non-hydrogen) atoms. The van der Waals surface area contributed by atoms with E-state index in [1.807, 2.05) is 44.2 Å². The normalized spacial score (nSPS) is 11.5. The highest BCUT2D eigenvalue weighted by Gasteiger charge is 2.23. The van der Waals surface area contributed by atoms with Crippen LogP contribution in [0.5, 0.6) is 0 Å². The second kappa shape index (κ2) is 9.54. The fourth-order valence-electron chi connectivity index (χ4n) is 4.80. The van der Waals surface area contributed by atoms with Crippen LogP contribution in [0.4, 0.5) is 0 Å². The third kappa shape index (κ3) is 4.24. The number of ether oxygens (including phenoxy) is 1. The minimum atomic E-state index is -0.476. The molecule has 5 aromatic rings. The van der Waals surface area contributed by atoms with Crippen molar-refractivity contribution in [1.29, 1.82) is 0 Å². The Hall–Kier alpha value is -4.46. The number of carbonyl (C=O) groups is 1. The van der Waals surface area contributed by atoms with Crippen LogP contribution < -0.4 is 11.2 Å². The molecule has 0 N–H and O–H groups in total. The molecular weight excluding hydrogens is 468 g/mol. The third-order valence-corrected chi connectivity index (χ3v) is 6.53. The molecule has 0 unspecified atom stereocenters. The maximum atomic E-state index is 13.5. The lowest BCUT2D eigenvalue weighted by Crippen LogP contribution is -2.38. The Bertz CT molecular complexity index is 1770. The molecule has 3 aromatic carbocycles. The number of rotatable bonds is 6. The van der Waals surface area contributed by atoms with Crippen LogP contribution >= 0.6 is 0 Å². The summed E-state index contributed by atoms with van der Waals surface area (Å²) >= 11 is 0. The van der Waals surface area contributed by atoms with Crippen LogP contribution in [0.15, 0.2) is 76.3 Å². The van der Waals surface area contributed by atoms with Gasteiger partial charge in [0.1, 0.15) is 5.39 Å². The molecular formula is C29H28N4O4. The first-order valence-corrected chi connectivity index (χ1v) is 12.2. The Morgan fingerprint density at radius 3 is 2.49 bits per heavy atom. The van der Waals surface area contributed by atoms with Crippen LogP contribution in [0.25, 0.3) is 33.1 Å².